The van der Waals surface area contributed by atoms with Crippen molar-refractivity contribution >= 4 is 33.0 Å². The van der Waals surface area contributed by atoms with Crippen LogP contribution in [0, 0.1) is 10.1 Å². The Kier molecular flexibility index (Phi) is 5.44. The van der Waals surface area contributed by atoms with Gasteiger partial charge in [-0.05, 0) is 23.6 Å². The zero-order valence-corrected chi connectivity index (χ0v) is 16.0. The Morgan fingerprint density at radius 2 is 1.93 bits per heavy atom. The molecule has 0 N–H and O–H groups in total. The number of methoxy groups -OCH3 is 1. The van der Waals surface area contributed by atoms with E-state index in [2.05, 4.69) is 0 Å². The van der Waals surface area contributed by atoms with Crippen LogP contribution in [0.5, 0.6) is 5.75 Å². The molecule has 3 rings (SSSR count). The lowest BCUT2D eigenvalue weighted by atomic mass is 10.1. The van der Waals surface area contributed by atoms with Gasteiger partial charge in [0.25, 0.3) is 15.9 Å². The smallest absolute Gasteiger partial charge is 0.311 e. The van der Waals surface area contributed by atoms with E-state index in [0.29, 0.717) is 0 Å². The molecule has 0 bridgehead atoms. The summed E-state index contributed by atoms with van der Waals surface area (Å²) in [5.41, 5.74) is -0.126. The molecule has 1 amide bonds. The van der Waals surface area contributed by atoms with Crippen molar-refractivity contribution in [3.63, 3.8) is 0 Å². The Balaban J connectivity index is 1.72. The quantitative estimate of drug-likeness (QED) is 0.548. The minimum absolute atomic E-state index is 0.0726. The van der Waals surface area contributed by atoms with Gasteiger partial charge < -0.3 is 9.64 Å². The summed E-state index contributed by atoms with van der Waals surface area (Å²) >= 11 is 1.15. The number of benzene rings is 1. The number of hydrogen-bond acceptors (Lipinski definition) is 7. The number of nitro groups is 1. The standard InChI is InChI=1S/C16H17N3O6S2/c1-25-14-5-4-12(11-13(14)19(21)22)16(20)17-6-8-18(9-7-17)27(23,24)15-3-2-10-26-15/h2-5,10-11H,6-9H2,1H3. The fourth-order valence-electron chi connectivity index (χ4n) is 2.82. The number of amides is 1. The molecule has 2 heterocycles. The van der Waals surface area contributed by atoms with Crippen molar-refractivity contribution in [2.24, 2.45) is 0 Å². The van der Waals surface area contributed by atoms with Gasteiger partial charge in [-0.15, -0.1) is 11.3 Å². The Bertz CT molecular complexity index is 951. The molecule has 0 spiro atoms. The van der Waals surface area contributed by atoms with Crippen LogP contribution in [-0.4, -0.2) is 61.7 Å². The highest BCUT2D eigenvalue weighted by Crippen LogP contribution is 2.28. The fraction of sp³-hybridized carbons (Fsp3) is 0.312. The average Bonchev–Trinajstić information content (AvgIpc) is 3.22. The molecule has 1 aliphatic heterocycles. The summed E-state index contributed by atoms with van der Waals surface area (Å²) in [6, 6.07) is 7.24. The zero-order chi connectivity index (χ0) is 19.6. The summed E-state index contributed by atoms with van der Waals surface area (Å²) in [5, 5.41) is 12.8. The maximum absolute atomic E-state index is 12.7. The maximum Gasteiger partial charge on any atom is 0.311 e. The second-order valence-corrected chi connectivity index (χ2v) is 8.88. The molecule has 9 nitrogen and oxygen atoms in total. The van der Waals surface area contributed by atoms with Crippen LogP contribution in [-0.2, 0) is 10.0 Å². The van der Waals surface area contributed by atoms with Crippen LogP contribution in [0.1, 0.15) is 10.4 Å². The van der Waals surface area contributed by atoms with E-state index >= 15 is 0 Å². The van der Waals surface area contributed by atoms with E-state index in [9.17, 15) is 23.3 Å². The van der Waals surface area contributed by atoms with Crippen molar-refractivity contribution in [1.82, 2.24) is 9.21 Å². The summed E-state index contributed by atoms with van der Waals surface area (Å²) in [6.07, 6.45) is 0. The van der Waals surface area contributed by atoms with Crippen LogP contribution in [0.2, 0.25) is 0 Å². The molecule has 1 aromatic carbocycles. The van der Waals surface area contributed by atoms with Crippen LogP contribution in [0.15, 0.2) is 39.9 Å². The van der Waals surface area contributed by atoms with Crippen molar-refractivity contribution in [3.8, 4) is 5.75 Å². The lowest BCUT2D eigenvalue weighted by Gasteiger charge is -2.33. The van der Waals surface area contributed by atoms with Crippen molar-refractivity contribution in [3.05, 3.63) is 51.4 Å². The number of sulfonamides is 1. The van der Waals surface area contributed by atoms with E-state index in [0.717, 1.165) is 11.3 Å². The van der Waals surface area contributed by atoms with Gasteiger partial charge in [0, 0.05) is 37.8 Å². The number of rotatable bonds is 5. The lowest BCUT2D eigenvalue weighted by Crippen LogP contribution is -2.50. The minimum atomic E-state index is -3.55. The van der Waals surface area contributed by atoms with Gasteiger partial charge in [-0.2, -0.15) is 4.31 Å². The molecule has 144 valence electrons. The second kappa shape index (κ2) is 7.62. The van der Waals surface area contributed by atoms with Gasteiger partial charge in [-0.3, -0.25) is 14.9 Å². The number of hydrogen-bond donors (Lipinski definition) is 0. The Hall–Kier alpha value is -2.50. The number of carbonyl (C=O) groups excluding carboxylic acids is 1. The number of carbonyl (C=O) groups is 1. The molecular weight excluding hydrogens is 394 g/mol. The van der Waals surface area contributed by atoms with Gasteiger partial charge in [-0.25, -0.2) is 8.42 Å². The molecule has 0 atom stereocenters. The predicted octanol–water partition coefficient (Wildman–Crippen LogP) is 1.81. The summed E-state index contributed by atoms with van der Waals surface area (Å²) < 4.78 is 31.6. The highest BCUT2D eigenvalue weighted by atomic mass is 32.2. The minimum Gasteiger partial charge on any atom is -0.490 e. The summed E-state index contributed by atoms with van der Waals surface area (Å²) in [6.45, 7) is 0.765. The van der Waals surface area contributed by atoms with E-state index in [4.69, 9.17) is 4.74 Å². The van der Waals surface area contributed by atoms with Gasteiger partial charge in [0.15, 0.2) is 5.75 Å². The summed E-state index contributed by atoms with van der Waals surface area (Å²) in [5.74, 6) is -0.308. The number of piperazine rings is 1. The van der Waals surface area contributed by atoms with E-state index in [-0.39, 0.29) is 53.3 Å². The normalized spacial score (nSPS) is 15.5. The topological polar surface area (TPSA) is 110 Å². The fourth-order valence-corrected chi connectivity index (χ4v) is 5.38. The monoisotopic (exact) mass is 411 g/mol. The molecule has 2 aromatic rings. The molecule has 1 aromatic heterocycles. The predicted molar refractivity (Wildman–Crippen MR) is 98.6 cm³/mol. The average molecular weight is 411 g/mol. The first-order valence-electron chi connectivity index (χ1n) is 8.00. The van der Waals surface area contributed by atoms with Crippen LogP contribution in [0.4, 0.5) is 5.69 Å². The van der Waals surface area contributed by atoms with Crippen molar-refractivity contribution in [2.45, 2.75) is 4.21 Å². The first-order valence-corrected chi connectivity index (χ1v) is 10.3. The first kappa shape index (κ1) is 19.3. The van der Waals surface area contributed by atoms with Gasteiger partial charge in [0.2, 0.25) is 0 Å². The highest BCUT2D eigenvalue weighted by molar-refractivity contribution is 7.91. The van der Waals surface area contributed by atoms with E-state index in [1.165, 1.54) is 34.5 Å². The molecule has 27 heavy (non-hydrogen) atoms. The highest BCUT2D eigenvalue weighted by Gasteiger charge is 2.31. The van der Waals surface area contributed by atoms with Gasteiger partial charge in [0.1, 0.15) is 4.21 Å². The van der Waals surface area contributed by atoms with Crippen molar-refractivity contribution in [2.75, 3.05) is 33.3 Å². The zero-order valence-electron chi connectivity index (χ0n) is 14.4. The van der Waals surface area contributed by atoms with E-state index in [1.54, 1.807) is 17.5 Å². The SMILES string of the molecule is COc1ccc(C(=O)N2CCN(S(=O)(=O)c3cccs3)CC2)cc1[N+](=O)[O-]. The van der Waals surface area contributed by atoms with Crippen LogP contribution >= 0.6 is 11.3 Å². The Morgan fingerprint density at radius 3 is 2.48 bits per heavy atom. The van der Waals surface area contributed by atoms with E-state index in [1.807, 2.05) is 0 Å². The molecule has 11 heteroatoms. The number of nitro benzene ring substituents is 1. The Labute approximate surface area is 160 Å². The molecule has 0 saturated carbocycles. The third kappa shape index (κ3) is 3.80. The number of nitrogens with zero attached hydrogens (tertiary/aromatic N) is 3. The molecule has 0 aliphatic carbocycles. The largest absolute Gasteiger partial charge is 0.490 e. The van der Waals surface area contributed by atoms with Crippen LogP contribution in [0.25, 0.3) is 0 Å². The summed E-state index contributed by atoms with van der Waals surface area (Å²) in [4.78, 5) is 24.7. The molecule has 0 unspecified atom stereocenters. The molecule has 1 fully saturated rings. The van der Waals surface area contributed by atoms with Crippen LogP contribution in [0.3, 0.4) is 0 Å². The van der Waals surface area contributed by atoms with Crippen molar-refractivity contribution in [1.29, 1.82) is 0 Å². The first-order chi connectivity index (χ1) is 12.8. The van der Waals surface area contributed by atoms with Crippen molar-refractivity contribution < 1.29 is 22.9 Å². The maximum atomic E-state index is 12.7. The van der Waals surface area contributed by atoms with Crippen LogP contribution < -0.4 is 4.74 Å². The third-order valence-electron chi connectivity index (χ3n) is 4.24. The van der Waals surface area contributed by atoms with E-state index < -0.39 is 14.9 Å². The molecular formula is C16H17N3O6S2. The number of ether oxygens (including phenoxy) is 1. The lowest BCUT2D eigenvalue weighted by molar-refractivity contribution is -0.385. The second-order valence-electron chi connectivity index (χ2n) is 5.77. The molecule has 1 aliphatic rings. The van der Waals surface area contributed by atoms with Gasteiger partial charge in [0.05, 0.1) is 12.0 Å². The third-order valence-corrected chi connectivity index (χ3v) is 7.51. The molecule has 0 radical (unpaired) electrons. The summed E-state index contributed by atoms with van der Waals surface area (Å²) in [7, 11) is -2.23. The van der Waals surface area contributed by atoms with Gasteiger partial charge in [-0.1, -0.05) is 6.07 Å². The number of thiophene rings is 1. The van der Waals surface area contributed by atoms with Gasteiger partial charge >= 0.3 is 5.69 Å². The Morgan fingerprint density at radius 1 is 1.22 bits per heavy atom. The molecule has 1 saturated heterocycles.